The highest BCUT2D eigenvalue weighted by atomic mass is 35.5. The Morgan fingerprint density at radius 2 is 1.76 bits per heavy atom. The number of aliphatic hydroxyl groups is 1. The number of carbonyl (C=O) groups excluding carboxylic acids is 1. The number of hydrogen-bond donors (Lipinski definition) is 2. The van der Waals surface area contributed by atoms with Crippen LogP contribution >= 0.6 is 11.6 Å². The molecule has 3 N–H and O–H groups in total. The van der Waals surface area contributed by atoms with Gasteiger partial charge < -0.3 is 15.7 Å². The van der Waals surface area contributed by atoms with Crippen molar-refractivity contribution in [3.8, 4) is 0 Å². The van der Waals surface area contributed by atoms with Crippen LogP contribution in [0.2, 0.25) is 5.02 Å². The third-order valence-electron chi connectivity index (χ3n) is 5.54. The predicted molar refractivity (Wildman–Crippen MR) is 136 cm³/mol. The largest absolute Gasteiger partial charge is 0.390 e. The van der Waals surface area contributed by atoms with Crippen LogP contribution in [0.1, 0.15) is 58.9 Å². The second kappa shape index (κ2) is 15.0. The SMILES string of the molecule is CCCN(CCC)S(=O)(=O)CCC(=O)N(CCC(C)C)C[C@@H](O)[C@@H](N)Cc1cc(F)cc(Cl)c1. The molecule has 0 aromatic heterocycles. The zero-order valence-electron chi connectivity index (χ0n) is 20.8. The van der Waals surface area contributed by atoms with E-state index in [9.17, 15) is 22.7 Å². The highest BCUT2D eigenvalue weighted by Gasteiger charge is 2.26. The van der Waals surface area contributed by atoms with E-state index in [2.05, 4.69) is 0 Å². The highest BCUT2D eigenvalue weighted by molar-refractivity contribution is 7.89. The lowest BCUT2D eigenvalue weighted by Crippen LogP contribution is -2.47. The van der Waals surface area contributed by atoms with Crippen molar-refractivity contribution >= 4 is 27.5 Å². The second-order valence-electron chi connectivity index (χ2n) is 9.20. The molecule has 0 heterocycles. The van der Waals surface area contributed by atoms with Crippen LogP contribution in [0.15, 0.2) is 18.2 Å². The maximum atomic E-state index is 13.6. The number of nitrogens with two attached hydrogens (primary N) is 1. The maximum absolute atomic E-state index is 13.6. The average Bonchev–Trinajstić information content (AvgIpc) is 2.73. The standard InChI is InChI=1S/C24H41ClFN3O4S/c1-5-9-29(10-6-2)34(32,33)12-8-24(31)28(11-7-18(3)4)17-23(30)22(27)15-19-13-20(25)16-21(26)14-19/h13-14,16,18,22-23,30H,5-12,15,17,27H2,1-4H3/t22-,23+/m0/s1. The first-order chi connectivity index (χ1) is 15.9. The third kappa shape index (κ3) is 11.0. The third-order valence-corrected chi connectivity index (χ3v) is 7.63. The van der Waals surface area contributed by atoms with Crippen LogP contribution < -0.4 is 5.73 Å². The van der Waals surface area contributed by atoms with Crippen LogP contribution in [0.5, 0.6) is 0 Å². The molecule has 34 heavy (non-hydrogen) atoms. The van der Waals surface area contributed by atoms with E-state index < -0.39 is 28.0 Å². The molecular weight excluding hydrogens is 481 g/mol. The molecule has 0 saturated carbocycles. The first kappa shape index (κ1) is 30.8. The van der Waals surface area contributed by atoms with Crippen molar-refractivity contribution in [3.05, 3.63) is 34.6 Å². The number of halogens is 2. The molecule has 0 aliphatic carbocycles. The molecule has 0 aliphatic rings. The van der Waals surface area contributed by atoms with Gasteiger partial charge in [-0.2, -0.15) is 0 Å². The summed E-state index contributed by atoms with van der Waals surface area (Å²) < 4.78 is 40.5. The Labute approximate surface area is 209 Å². The van der Waals surface area contributed by atoms with E-state index in [-0.39, 0.29) is 36.1 Å². The molecule has 0 spiro atoms. The van der Waals surface area contributed by atoms with Gasteiger partial charge in [0, 0.05) is 43.7 Å². The molecule has 7 nitrogen and oxygen atoms in total. The minimum absolute atomic E-state index is 0.0244. The summed E-state index contributed by atoms with van der Waals surface area (Å²) in [5, 5.41) is 10.9. The number of rotatable bonds is 16. The van der Waals surface area contributed by atoms with E-state index in [0.717, 1.165) is 0 Å². The van der Waals surface area contributed by atoms with Gasteiger partial charge in [0.1, 0.15) is 5.82 Å². The van der Waals surface area contributed by atoms with Gasteiger partial charge in [-0.3, -0.25) is 4.79 Å². The lowest BCUT2D eigenvalue weighted by atomic mass is 10.0. The summed E-state index contributed by atoms with van der Waals surface area (Å²) in [7, 11) is -3.55. The number of hydrogen-bond acceptors (Lipinski definition) is 5. The molecule has 0 radical (unpaired) electrons. The minimum Gasteiger partial charge on any atom is -0.390 e. The van der Waals surface area contributed by atoms with E-state index >= 15 is 0 Å². The van der Waals surface area contributed by atoms with Gasteiger partial charge in [-0.15, -0.1) is 0 Å². The van der Waals surface area contributed by atoms with Crippen molar-refractivity contribution in [3.63, 3.8) is 0 Å². The van der Waals surface area contributed by atoms with Gasteiger partial charge >= 0.3 is 0 Å². The Hall–Kier alpha value is -1.26. The average molecular weight is 522 g/mol. The Morgan fingerprint density at radius 1 is 1.15 bits per heavy atom. The van der Waals surface area contributed by atoms with Crippen molar-refractivity contribution in [1.82, 2.24) is 9.21 Å². The van der Waals surface area contributed by atoms with E-state index in [4.69, 9.17) is 17.3 Å². The number of benzene rings is 1. The molecule has 0 fully saturated rings. The highest BCUT2D eigenvalue weighted by Crippen LogP contribution is 2.17. The number of amides is 1. The van der Waals surface area contributed by atoms with Gasteiger partial charge in [0.25, 0.3) is 0 Å². The first-order valence-electron chi connectivity index (χ1n) is 12.0. The number of aliphatic hydroxyl groups excluding tert-OH is 1. The molecule has 0 bridgehead atoms. The zero-order chi connectivity index (χ0) is 25.9. The van der Waals surface area contributed by atoms with Gasteiger partial charge in [-0.25, -0.2) is 17.1 Å². The first-order valence-corrected chi connectivity index (χ1v) is 14.0. The fourth-order valence-corrected chi connectivity index (χ4v) is 5.48. The zero-order valence-corrected chi connectivity index (χ0v) is 22.4. The molecule has 1 aromatic rings. The molecule has 1 aromatic carbocycles. The monoisotopic (exact) mass is 521 g/mol. The van der Waals surface area contributed by atoms with Gasteiger partial charge in [-0.05, 0) is 55.4 Å². The van der Waals surface area contributed by atoms with Crippen molar-refractivity contribution in [1.29, 1.82) is 0 Å². The van der Waals surface area contributed by atoms with Crippen LogP contribution in [0.25, 0.3) is 0 Å². The van der Waals surface area contributed by atoms with Gasteiger partial charge in [0.15, 0.2) is 0 Å². The predicted octanol–water partition coefficient (Wildman–Crippen LogP) is 3.43. The van der Waals surface area contributed by atoms with Crippen LogP contribution in [0.3, 0.4) is 0 Å². The van der Waals surface area contributed by atoms with Gasteiger partial charge in [0.05, 0.1) is 11.9 Å². The number of nitrogens with zero attached hydrogens (tertiary/aromatic N) is 2. The Bertz CT molecular complexity index is 844. The number of carbonyl (C=O) groups is 1. The summed E-state index contributed by atoms with van der Waals surface area (Å²) in [6.45, 7) is 9.10. The van der Waals surface area contributed by atoms with Crippen LogP contribution in [-0.4, -0.2) is 72.7 Å². The normalized spacial score (nSPS) is 13.9. The summed E-state index contributed by atoms with van der Waals surface area (Å²) in [6.07, 6.45) is 1.07. The molecule has 1 amide bonds. The molecule has 0 saturated heterocycles. The molecule has 2 atom stereocenters. The van der Waals surface area contributed by atoms with Gasteiger partial charge in [-0.1, -0.05) is 39.3 Å². The summed E-state index contributed by atoms with van der Waals surface area (Å²) in [5.74, 6) is -0.769. The lowest BCUT2D eigenvalue weighted by Gasteiger charge is -2.29. The minimum atomic E-state index is -3.55. The Kier molecular flexibility index (Phi) is 13.6. The molecule has 0 unspecified atom stereocenters. The smallest absolute Gasteiger partial charge is 0.223 e. The quantitative estimate of drug-likeness (QED) is 0.347. The van der Waals surface area contributed by atoms with Crippen LogP contribution in [0, 0.1) is 11.7 Å². The van der Waals surface area contributed by atoms with E-state index in [1.807, 2.05) is 27.7 Å². The van der Waals surface area contributed by atoms with Crippen molar-refractivity contribution in [2.75, 3.05) is 31.9 Å². The molecule has 1 rings (SSSR count). The van der Waals surface area contributed by atoms with Crippen molar-refractivity contribution in [2.45, 2.75) is 71.9 Å². The van der Waals surface area contributed by atoms with E-state index in [0.29, 0.717) is 50.4 Å². The van der Waals surface area contributed by atoms with E-state index in [1.54, 1.807) is 6.07 Å². The summed E-state index contributed by atoms with van der Waals surface area (Å²) in [5.41, 5.74) is 6.70. The summed E-state index contributed by atoms with van der Waals surface area (Å²) >= 11 is 5.89. The fraction of sp³-hybridized carbons (Fsp3) is 0.708. The molecule has 10 heteroatoms. The van der Waals surface area contributed by atoms with Crippen LogP contribution in [-0.2, 0) is 21.2 Å². The maximum Gasteiger partial charge on any atom is 0.223 e. The molecule has 0 aliphatic heterocycles. The van der Waals surface area contributed by atoms with E-state index in [1.165, 1.54) is 21.3 Å². The molecular formula is C24H41ClFN3O4S. The number of sulfonamides is 1. The van der Waals surface area contributed by atoms with Crippen molar-refractivity contribution in [2.24, 2.45) is 11.7 Å². The second-order valence-corrected chi connectivity index (χ2v) is 11.7. The summed E-state index contributed by atoms with van der Waals surface area (Å²) in [6, 6.07) is 3.33. The Morgan fingerprint density at radius 3 is 2.29 bits per heavy atom. The topological polar surface area (TPSA) is 104 Å². The summed E-state index contributed by atoms with van der Waals surface area (Å²) in [4.78, 5) is 14.5. The lowest BCUT2D eigenvalue weighted by molar-refractivity contribution is -0.132. The van der Waals surface area contributed by atoms with Crippen LogP contribution in [0.4, 0.5) is 4.39 Å². The Balaban J connectivity index is 2.84. The fourth-order valence-electron chi connectivity index (χ4n) is 3.62. The van der Waals surface area contributed by atoms with Gasteiger partial charge in [0.2, 0.25) is 15.9 Å². The molecule has 196 valence electrons. The van der Waals surface area contributed by atoms with Crippen molar-refractivity contribution < 1.29 is 22.7 Å².